The number of alkyl halides is 2. The van der Waals surface area contributed by atoms with Crippen LogP contribution in [0.3, 0.4) is 0 Å². The third-order valence-electron chi connectivity index (χ3n) is 6.45. The van der Waals surface area contributed by atoms with Crippen molar-refractivity contribution in [2.24, 2.45) is 11.7 Å². The molecule has 3 aliphatic rings. The van der Waals surface area contributed by atoms with Crippen molar-refractivity contribution in [2.75, 3.05) is 5.32 Å². The molecule has 0 radical (unpaired) electrons. The number of nitrogens with one attached hydrogen (secondary N) is 2. The van der Waals surface area contributed by atoms with Crippen molar-refractivity contribution in [2.45, 2.75) is 88.3 Å². The highest BCUT2D eigenvalue weighted by Crippen LogP contribution is 2.35. The third-order valence-corrected chi connectivity index (χ3v) is 6.45. The van der Waals surface area contributed by atoms with Gasteiger partial charge >= 0.3 is 0 Å². The molecule has 3 saturated carbocycles. The number of amides is 2. The maximum atomic E-state index is 13.3. The summed E-state index contributed by atoms with van der Waals surface area (Å²) in [5.74, 6) is -2.95. The van der Waals surface area contributed by atoms with Crippen LogP contribution in [0.15, 0.2) is 6.20 Å². The number of primary amides is 1. The van der Waals surface area contributed by atoms with Gasteiger partial charge in [0.25, 0.3) is 5.91 Å². The van der Waals surface area contributed by atoms with Gasteiger partial charge in [-0.3, -0.25) is 14.3 Å². The molecular formula is C20H29F2N5O2. The molecule has 0 unspecified atom stereocenters. The average Bonchev–Trinajstić information content (AvgIpc) is 3.45. The van der Waals surface area contributed by atoms with E-state index in [0.29, 0.717) is 18.9 Å². The zero-order valence-electron chi connectivity index (χ0n) is 16.5. The fraction of sp³-hybridized carbons (Fsp3) is 0.750. The molecular weight excluding hydrogens is 380 g/mol. The van der Waals surface area contributed by atoms with Crippen molar-refractivity contribution in [3.8, 4) is 0 Å². The summed E-state index contributed by atoms with van der Waals surface area (Å²) in [6, 6.07) is 0.628. The molecule has 3 aliphatic carbocycles. The number of carbonyl (C=O) groups is 2. The Morgan fingerprint density at radius 1 is 1.03 bits per heavy atom. The summed E-state index contributed by atoms with van der Waals surface area (Å²) >= 11 is 0. The van der Waals surface area contributed by atoms with E-state index >= 15 is 0 Å². The minimum atomic E-state index is -2.50. The van der Waals surface area contributed by atoms with Crippen molar-refractivity contribution >= 4 is 17.6 Å². The molecule has 0 aliphatic heterocycles. The number of hydrogen-bond acceptors (Lipinski definition) is 4. The average molecular weight is 409 g/mol. The Kier molecular flexibility index (Phi) is 5.59. The lowest BCUT2D eigenvalue weighted by molar-refractivity contribution is -0.117. The van der Waals surface area contributed by atoms with Crippen molar-refractivity contribution in [1.82, 2.24) is 15.1 Å². The van der Waals surface area contributed by atoms with Gasteiger partial charge in [0, 0.05) is 37.0 Å². The Bertz CT molecular complexity index is 759. The van der Waals surface area contributed by atoms with E-state index < -0.39 is 11.8 Å². The number of anilines is 1. The number of carbonyl (C=O) groups excluding carboxylic acids is 2. The first kappa shape index (κ1) is 20.3. The predicted octanol–water partition coefficient (Wildman–Crippen LogP) is 2.98. The number of hydrogen-bond donors (Lipinski definition) is 3. The molecule has 0 saturated heterocycles. The molecule has 0 bridgehead atoms. The predicted molar refractivity (Wildman–Crippen MR) is 104 cm³/mol. The van der Waals surface area contributed by atoms with E-state index in [1.807, 2.05) is 0 Å². The molecule has 29 heavy (non-hydrogen) atoms. The molecule has 9 heteroatoms. The molecule has 4 N–H and O–H groups in total. The van der Waals surface area contributed by atoms with Crippen LogP contribution in [0.5, 0.6) is 0 Å². The third kappa shape index (κ3) is 4.94. The summed E-state index contributed by atoms with van der Waals surface area (Å²) in [7, 11) is 0. The van der Waals surface area contributed by atoms with Crippen LogP contribution < -0.4 is 16.4 Å². The molecule has 1 heterocycles. The van der Waals surface area contributed by atoms with Gasteiger partial charge < -0.3 is 16.4 Å². The zero-order chi connectivity index (χ0) is 20.6. The molecule has 0 spiro atoms. The SMILES string of the molecule is NC(=O)c1cn([C@H]2CC[C@@H](NC3CCC(F)(F)CC3)CC2)nc1NC(=O)C1CC1. The smallest absolute Gasteiger partial charge is 0.254 e. The Morgan fingerprint density at radius 3 is 2.24 bits per heavy atom. The number of halogens is 2. The number of nitrogens with zero attached hydrogens (tertiary/aromatic N) is 2. The van der Waals surface area contributed by atoms with E-state index in [1.165, 1.54) is 0 Å². The van der Waals surface area contributed by atoms with Gasteiger partial charge in [0.05, 0.1) is 6.04 Å². The van der Waals surface area contributed by atoms with E-state index in [9.17, 15) is 18.4 Å². The summed E-state index contributed by atoms with van der Waals surface area (Å²) in [4.78, 5) is 23.8. The summed E-state index contributed by atoms with van der Waals surface area (Å²) in [6.45, 7) is 0. The van der Waals surface area contributed by atoms with Crippen LogP contribution in [0.1, 0.15) is 80.6 Å². The van der Waals surface area contributed by atoms with Gasteiger partial charge in [0.15, 0.2) is 5.82 Å². The highest BCUT2D eigenvalue weighted by molar-refractivity contribution is 6.02. The molecule has 1 aromatic heterocycles. The lowest BCUT2D eigenvalue weighted by atomic mass is 9.87. The van der Waals surface area contributed by atoms with Crippen LogP contribution in [-0.2, 0) is 4.79 Å². The van der Waals surface area contributed by atoms with Crippen molar-refractivity contribution in [3.05, 3.63) is 11.8 Å². The normalized spacial score (nSPS) is 27.5. The number of aromatic nitrogens is 2. The molecule has 7 nitrogen and oxygen atoms in total. The van der Waals surface area contributed by atoms with Crippen LogP contribution in [0, 0.1) is 5.92 Å². The molecule has 0 atom stereocenters. The van der Waals surface area contributed by atoms with Crippen LogP contribution in [0.4, 0.5) is 14.6 Å². The standard InChI is InChI=1S/C20H29F2N5O2/c21-20(22)9-7-14(8-10-20)24-13-3-5-15(6-4-13)27-11-16(17(23)28)18(26-27)25-19(29)12-1-2-12/h11-15,24H,1-10H2,(H2,23,28)(H,25,26,29)/t13-,15+. The van der Waals surface area contributed by atoms with Crippen LogP contribution in [-0.4, -0.2) is 39.6 Å². The van der Waals surface area contributed by atoms with Crippen LogP contribution in [0.25, 0.3) is 0 Å². The van der Waals surface area contributed by atoms with Crippen molar-refractivity contribution in [3.63, 3.8) is 0 Å². The number of nitrogens with two attached hydrogens (primary N) is 1. The van der Waals surface area contributed by atoms with E-state index in [4.69, 9.17) is 5.73 Å². The van der Waals surface area contributed by atoms with Gasteiger partial charge in [-0.15, -0.1) is 0 Å². The fourth-order valence-electron chi connectivity index (χ4n) is 4.46. The van der Waals surface area contributed by atoms with Gasteiger partial charge in [-0.05, 0) is 51.4 Å². The lowest BCUT2D eigenvalue weighted by Crippen LogP contribution is -2.44. The summed E-state index contributed by atoms with van der Waals surface area (Å²) in [5.41, 5.74) is 5.70. The number of rotatable bonds is 6. The summed E-state index contributed by atoms with van der Waals surface area (Å²) in [5, 5.41) is 10.7. The van der Waals surface area contributed by atoms with E-state index in [2.05, 4.69) is 15.7 Å². The zero-order valence-corrected chi connectivity index (χ0v) is 16.5. The highest BCUT2D eigenvalue weighted by atomic mass is 19.3. The van der Waals surface area contributed by atoms with Crippen LogP contribution in [0.2, 0.25) is 0 Å². The van der Waals surface area contributed by atoms with Crippen molar-refractivity contribution in [1.29, 1.82) is 0 Å². The fourth-order valence-corrected chi connectivity index (χ4v) is 4.46. The summed E-state index contributed by atoms with van der Waals surface area (Å²) in [6.07, 6.45) is 7.95. The first-order chi connectivity index (χ1) is 13.8. The monoisotopic (exact) mass is 409 g/mol. The molecule has 160 valence electrons. The minimum absolute atomic E-state index is 0.0159. The van der Waals surface area contributed by atoms with E-state index in [0.717, 1.165) is 38.5 Å². The second-order valence-corrected chi connectivity index (χ2v) is 8.80. The van der Waals surface area contributed by atoms with Gasteiger partial charge in [-0.1, -0.05) is 0 Å². The Hall–Kier alpha value is -2.03. The van der Waals surface area contributed by atoms with Gasteiger partial charge in [-0.25, -0.2) is 8.78 Å². The Labute approximate surface area is 168 Å². The minimum Gasteiger partial charge on any atom is -0.365 e. The van der Waals surface area contributed by atoms with Crippen molar-refractivity contribution < 1.29 is 18.4 Å². The van der Waals surface area contributed by atoms with Gasteiger partial charge in [0.1, 0.15) is 5.56 Å². The molecule has 2 amide bonds. The van der Waals surface area contributed by atoms with E-state index in [-0.39, 0.29) is 48.1 Å². The molecule has 1 aromatic rings. The summed E-state index contributed by atoms with van der Waals surface area (Å²) < 4.78 is 28.4. The van der Waals surface area contributed by atoms with Gasteiger partial charge in [-0.2, -0.15) is 5.10 Å². The lowest BCUT2D eigenvalue weighted by Gasteiger charge is -2.35. The molecule has 4 rings (SSSR count). The first-order valence-corrected chi connectivity index (χ1v) is 10.6. The Morgan fingerprint density at radius 2 is 1.66 bits per heavy atom. The highest BCUT2D eigenvalue weighted by Gasteiger charge is 2.36. The Balaban J connectivity index is 1.32. The maximum Gasteiger partial charge on any atom is 0.254 e. The second-order valence-electron chi connectivity index (χ2n) is 8.80. The van der Waals surface area contributed by atoms with Crippen LogP contribution >= 0.6 is 0 Å². The van der Waals surface area contributed by atoms with Gasteiger partial charge in [0.2, 0.25) is 11.8 Å². The van der Waals surface area contributed by atoms with E-state index in [1.54, 1.807) is 10.9 Å². The quantitative estimate of drug-likeness (QED) is 0.672. The molecule has 3 fully saturated rings. The molecule has 0 aromatic carbocycles. The largest absolute Gasteiger partial charge is 0.365 e. The maximum absolute atomic E-state index is 13.3. The first-order valence-electron chi connectivity index (χ1n) is 10.6. The second kappa shape index (κ2) is 8.01. The topological polar surface area (TPSA) is 102 Å².